The highest BCUT2D eigenvalue weighted by Crippen LogP contribution is 2.28. The SMILES string of the molecule is CC1CC(=O)/C(=C\N(C)C)C(=O)C1C(=O)O. The highest BCUT2D eigenvalue weighted by atomic mass is 16.4. The van der Waals surface area contributed by atoms with Crippen molar-refractivity contribution in [2.45, 2.75) is 13.3 Å². The van der Waals surface area contributed by atoms with E-state index in [0.717, 1.165) is 0 Å². The minimum Gasteiger partial charge on any atom is -0.481 e. The molecule has 2 unspecified atom stereocenters. The van der Waals surface area contributed by atoms with E-state index in [0.29, 0.717) is 0 Å². The number of carbonyl (C=O) groups excluding carboxylic acids is 2. The number of nitrogens with zero attached hydrogens (tertiary/aromatic N) is 1. The second kappa shape index (κ2) is 4.47. The average molecular weight is 225 g/mol. The van der Waals surface area contributed by atoms with Crippen LogP contribution >= 0.6 is 0 Å². The van der Waals surface area contributed by atoms with E-state index in [1.54, 1.807) is 25.9 Å². The zero-order valence-electron chi connectivity index (χ0n) is 9.56. The van der Waals surface area contributed by atoms with Crippen LogP contribution in [-0.4, -0.2) is 41.6 Å². The van der Waals surface area contributed by atoms with E-state index < -0.39 is 23.6 Å². The maximum atomic E-state index is 11.8. The van der Waals surface area contributed by atoms with E-state index in [1.807, 2.05) is 0 Å². The molecule has 5 nitrogen and oxygen atoms in total. The first-order valence-electron chi connectivity index (χ1n) is 5.03. The zero-order valence-corrected chi connectivity index (χ0v) is 9.56. The van der Waals surface area contributed by atoms with Gasteiger partial charge in [-0.25, -0.2) is 0 Å². The summed E-state index contributed by atoms with van der Waals surface area (Å²) in [6, 6.07) is 0. The van der Waals surface area contributed by atoms with Gasteiger partial charge in [-0.15, -0.1) is 0 Å². The van der Waals surface area contributed by atoms with Gasteiger partial charge in [0.2, 0.25) is 0 Å². The lowest BCUT2D eigenvalue weighted by atomic mass is 9.76. The van der Waals surface area contributed by atoms with E-state index in [-0.39, 0.29) is 17.8 Å². The van der Waals surface area contributed by atoms with Crippen molar-refractivity contribution in [1.82, 2.24) is 4.90 Å². The first kappa shape index (κ1) is 12.4. The largest absolute Gasteiger partial charge is 0.481 e. The lowest BCUT2D eigenvalue weighted by Crippen LogP contribution is -2.39. The Bertz CT molecular complexity index is 370. The summed E-state index contributed by atoms with van der Waals surface area (Å²) in [6.07, 6.45) is 1.51. The molecule has 0 amide bonds. The molecule has 5 heteroatoms. The van der Waals surface area contributed by atoms with Crippen molar-refractivity contribution in [2.24, 2.45) is 11.8 Å². The molecule has 0 heterocycles. The van der Waals surface area contributed by atoms with E-state index in [4.69, 9.17) is 5.11 Å². The van der Waals surface area contributed by atoms with Crippen molar-refractivity contribution >= 4 is 17.5 Å². The van der Waals surface area contributed by atoms with Crippen molar-refractivity contribution in [3.8, 4) is 0 Å². The zero-order chi connectivity index (χ0) is 12.5. The van der Waals surface area contributed by atoms with Crippen LogP contribution in [0, 0.1) is 11.8 Å². The Labute approximate surface area is 93.7 Å². The molecule has 1 fully saturated rings. The molecule has 0 saturated heterocycles. The van der Waals surface area contributed by atoms with Gasteiger partial charge in [-0.1, -0.05) is 6.92 Å². The molecule has 1 N–H and O–H groups in total. The minimum atomic E-state index is -1.16. The highest BCUT2D eigenvalue weighted by Gasteiger charge is 2.41. The molecule has 16 heavy (non-hydrogen) atoms. The Morgan fingerprint density at radius 3 is 2.44 bits per heavy atom. The topological polar surface area (TPSA) is 74.7 Å². The number of hydrogen-bond donors (Lipinski definition) is 1. The summed E-state index contributed by atoms with van der Waals surface area (Å²) in [5.41, 5.74) is -0.00417. The highest BCUT2D eigenvalue weighted by molar-refractivity contribution is 6.26. The van der Waals surface area contributed by atoms with Gasteiger partial charge in [0.1, 0.15) is 5.92 Å². The molecule has 0 bridgehead atoms. The third kappa shape index (κ3) is 2.29. The van der Waals surface area contributed by atoms with Crippen molar-refractivity contribution in [3.05, 3.63) is 11.8 Å². The van der Waals surface area contributed by atoms with Gasteiger partial charge in [-0.2, -0.15) is 0 Å². The molecular formula is C11H15NO4. The van der Waals surface area contributed by atoms with Crippen molar-refractivity contribution in [2.75, 3.05) is 14.1 Å². The van der Waals surface area contributed by atoms with Crippen LogP contribution in [0.15, 0.2) is 11.8 Å². The third-order valence-electron chi connectivity index (χ3n) is 2.58. The van der Waals surface area contributed by atoms with E-state index in [9.17, 15) is 14.4 Å². The van der Waals surface area contributed by atoms with Crippen LogP contribution in [0.4, 0.5) is 0 Å². The van der Waals surface area contributed by atoms with Gasteiger partial charge in [-0.05, 0) is 5.92 Å². The van der Waals surface area contributed by atoms with Crippen LogP contribution in [0.5, 0.6) is 0 Å². The fraction of sp³-hybridized carbons (Fsp3) is 0.545. The molecular weight excluding hydrogens is 210 g/mol. The van der Waals surface area contributed by atoms with E-state index in [2.05, 4.69) is 0 Å². The number of rotatable bonds is 2. The predicted molar refractivity (Wildman–Crippen MR) is 56.7 cm³/mol. The minimum absolute atomic E-state index is 0.00417. The smallest absolute Gasteiger partial charge is 0.314 e. The van der Waals surface area contributed by atoms with Crippen LogP contribution in [0.2, 0.25) is 0 Å². The Hall–Kier alpha value is -1.65. The van der Waals surface area contributed by atoms with Gasteiger partial charge < -0.3 is 10.0 Å². The lowest BCUT2D eigenvalue weighted by molar-refractivity contribution is -0.149. The Balaban J connectivity index is 3.09. The predicted octanol–water partition coefficient (Wildman–Crippen LogP) is 0.311. The lowest BCUT2D eigenvalue weighted by Gasteiger charge is -2.25. The fourth-order valence-corrected chi connectivity index (χ4v) is 1.83. The number of carboxylic acids is 1. The molecule has 1 aliphatic carbocycles. The van der Waals surface area contributed by atoms with Crippen LogP contribution < -0.4 is 0 Å². The van der Waals surface area contributed by atoms with Gasteiger partial charge in [0.05, 0.1) is 5.57 Å². The average Bonchev–Trinajstić information content (AvgIpc) is 2.10. The monoisotopic (exact) mass is 225 g/mol. The Morgan fingerprint density at radius 1 is 1.44 bits per heavy atom. The van der Waals surface area contributed by atoms with E-state index in [1.165, 1.54) is 6.20 Å². The maximum absolute atomic E-state index is 11.8. The number of ketones is 2. The van der Waals surface area contributed by atoms with Crippen LogP contribution in [0.1, 0.15) is 13.3 Å². The molecule has 0 aromatic heterocycles. The molecule has 0 aromatic carbocycles. The number of Topliss-reactive ketones (excluding diaryl/α,β-unsaturated/α-hetero) is 2. The van der Waals surface area contributed by atoms with Crippen LogP contribution in [0.25, 0.3) is 0 Å². The number of allylic oxidation sites excluding steroid dienone is 1. The molecule has 1 aliphatic rings. The van der Waals surface area contributed by atoms with Crippen molar-refractivity contribution < 1.29 is 19.5 Å². The first-order valence-corrected chi connectivity index (χ1v) is 5.03. The second-order valence-corrected chi connectivity index (χ2v) is 4.29. The molecule has 0 spiro atoms. The Kier molecular flexibility index (Phi) is 3.47. The van der Waals surface area contributed by atoms with Crippen molar-refractivity contribution in [1.29, 1.82) is 0 Å². The normalized spacial score (nSPS) is 28.3. The molecule has 88 valence electrons. The molecule has 0 aromatic rings. The molecule has 2 atom stereocenters. The Morgan fingerprint density at radius 2 is 2.00 bits per heavy atom. The fourth-order valence-electron chi connectivity index (χ4n) is 1.83. The van der Waals surface area contributed by atoms with Gasteiger partial charge in [-0.3, -0.25) is 14.4 Å². The maximum Gasteiger partial charge on any atom is 0.314 e. The second-order valence-electron chi connectivity index (χ2n) is 4.29. The standard InChI is InChI=1S/C11H15NO4/c1-6-4-8(13)7(5-12(2)3)10(14)9(6)11(15)16/h5-6,9H,4H2,1-3H3,(H,15,16)/b7-5+. The summed E-state index contributed by atoms with van der Waals surface area (Å²) >= 11 is 0. The first-order chi connectivity index (χ1) is 7.34. The number of carbonyl (C=O) groups is 3. The van der Waals surface area contributed by atoms with Gasteiger partial charge in [0, 0.05) is 26.7 Å². The molecule has 0 aliphatic heterocycles. The number of hydrogen-bond acceptors (Lipinski definition) is 4. The number of carboxylic acid groups (broad SMARTS) is 1. The third-order valence-corrected chi connectivity index (χ3v) is 2.58. The summed E-state index contributed by atoms with van der Waals surface area (Å²) in [4.78, 5) is 35.9. The summed E-state index contributed by atoms with van der Waals surface area (Å²) in [7, 11) is 3.36. The summed E-state index contributed by atoms with van der Waals surface area (Å²) in [5.74, 6) is -3.54. The van der Waals surface area contributed by atoms with Gasteiger partial charge in [0.15, 0.2) is 11.6 Å². The van der Waals surface area contributed by atoms with Crippen LogP contribution in [-0.2, 0) is 14.4 Å². The van der Waals surface area contributed by atoms with Crippen molar-refractivity contribution in [3.63, 3.8) is 0 Å². The van der Waals surface area contributed by atoms with Gasteiger partial charge in [0.25, 0.3) is 0 Å². The number of aliphatic carboxylic acids is 1. The molecule has 1 rings (SSSR count). The summed E-state index contributed by atoms with van der Waals surface area (Å²) < 4.78 is 0. The molecule has 1 saturated carbocycles. The quantitative estimate of drug-likeness (QED) is 0.416. The van der Waals surface area contributed by atoms with Gasteiger partial charge >= 0.3 is 5.97 Å². The summed E-state index contributed by atoms with van der Waals surface area (Å²) in [5, 5.41) is 8.94. The summed E-state index contributed by atoms with van der Waals surface area (Å²) in [6.45, 7) is 1.61. The van der Waals surface area contributed by atoms with E-state index >= 15 is 0 Å². The molecule has 0 radical (unpaired) electrons. The van der Waals surface area contributed by atoms with Crippen LogP contribution in [0.3, 0.4) is 0 Å².